The third-order valence-electron chi connectivity index (χ3n) is 5.05. The first-order valence-corrected chi connectivity index (χ1v) is 8.36. The summed E-state index contributed by atoms with van der Waals surface area (Å²) in [5, 5.41) is 12.6. The minimum atomic E-state index is -0.0695. The molecule has 0 radical (unpaired) electrons. The van der Waals surface area contributed by atoms with Gasteiger partial charge in [-0.15, -0.1) is 0 Å². The Balaban J connectivity index is 1.88. The quantitative estimate of drug-likeness (QED) is 0.868. The molecule has 122 valence electrons. The zero-order chi connectivity index (χ0) is 16.3. The summed E-state index contributed by atoms with van der Waals surface area (Å²) in [6, 6.07) is 7.02. The Morgan fingerprint density at radius 3 is 2.41 bits per heavy atom. The fourth-order valence-electron chi connectivity index (χ4n) is 3.43. The Hall–Kier alpha value is -1.51. The molecule has 0 bridgehead atoms. The minimum Gasteiger partial charge on any atom is -0.508 e. The molecule has 3 nitrogen and oxygen atoms in total. The smallest absolute Gasteiger partial charge is 0.223 e. The van der Waals surface area contributed by atoms with Crippen LogP contribution in [0.25, 0.3) is 0 Å². The molecule has 0 heterocycles. The second-order valence-electron chi connectivity index (χ2n) is 7.74. The van der Waals surface area contributed by atoms with Crippen molar-refractivity contribution in [3.05, 3.63) is 29.8 Å². The number of aromatic hydroxyl groups is 1. The molecule has 1 aromatic rings. The molecule has 1 unspecified atom stereocenters. The van der Waals surface area contributed by atoms with Crippen molar-refractivity contribution in [2.75, 3.05) is 0 Å². The van der Waals surface area contributed by atoms with E-state index < -0.39 is 0 Å². The van der Waals surface area contributed by atoms with E-state index in [2.05, 4.69) is 26.1 Å². The summed E-state index contributed by atoms with van der Waals surface area (Å²) < 4.78 is 0. The van der Waals surface area contributed by atoms with E-state index in [0.717, 1.165) is 37.2 Å². The first kappa shape index (κ1) is 16.9. The molecule has 0 saturated heterocycles. The fourth-order valence-corrected chi connectivity index (χ4v) is 3.43. The lowest BCUT2D eigenvalue weighted by atomic mass is 9.69. The van der Waals surface area contributed by atoms with Gasteiger partial charge in [0.2, 0.25) is 5.91 Å². The van der Waals surface area contributed by atoms with Gasteiger partial charge in [-0.2, -0.15) is 0 Å². The van der Waals surface area contributed by atoms with Gasteiger partial charge in [-0.25, -0.2) is 0 Å². The molecule has 1 amide bonds. The van der Waals surface area contributed by atoms with Crippen molar-refractivity contribution >= 4 is 5.91 Å². The summed E-state index contributed by atoms with van der Waals surface area (Å²) in [6.45, 7) is 8.85. The molecule has 0 aromatic heterocycles. The molecule has 22 heavy (non-hydrogen) atoms. The predicted molar refractivity (Wildman–Crippen MR) is 89.6 cm³/mol. The van der Waals surface area contributed by atoms with Gasteiger partial charge in [-0.3, -0.25) is 4.79 Å². The fraction of sp³-hybridized carbons (Fsp3) is 0.632. The minimum absolute atomic E-state index is 0.0695. The topological polar surface area (TPSA) is 49.3 Å². The van der Waals surface area contributed by atoms with Crippen molar-refractivity contribution in [3.63, 3.8) is 0 Å². The number of phenols is 1. The second-order valence-corrected chi connectivity index (χ2v) is 7.74. The highest BCUT2D eigenvalue weighted by Crippen LogP contribution is 2.39. The summed E-state index contributed by atoms with van der Waals surface area (Å²) in [5.41, 5.74) is 1.28. The van der Waals surface area contributed by atoms with Crippen molar-refractivity contribution in [1.29, 1.82) is 0 Å². The molecule has 1 aliphatic carbocycles. The Labute approximate surface area is 134 Å². The van der Waals surface area contributed by atoms with Gasteiger partial charge in [0, 0.05) is 5.92 Å². The van der Waals surface area contributed by atoms with Crippen LogP contribution >= 0.6 is 0 Å². The number of hydrogen-bond acceptors (Lipinski definition) is 2. The van der Waals surface area contributed by atoms with E-state index in [9.17, 15) is 9.90 Å². The van der Waals surface area contributed by atoms with Crippen molar-refractivity contribution in [2.24, 2.45) is 17.3 Å². The lowest BCUT2D eigenvalue weighted by Gasteiger charge is -2.36. The average molecular weight is 303 g/mol. The second kappa shape index (κ2) is 6.72. The van der Waals surface area contributed by atoms with Gasteiger partial charge in [-0.05, 0) is 61.6 Å². The molecule has 2 N–H and O–H groups in total. The number of nitrogens with one attached hydrogen (secondary N) is 1. The maximum atomic E-state index is 12.4. The summed E-state index contributed by atoms with van der Waals surface area (Å²) in [6.07, 6.45) is 4.26. The lowest BCUT2D eigenvalue weighted by molar-refractivity contribution is -0.127. The molecule has 1 aromatic carbocycles. The van der Waals surface area contributed by atoms with Crippen molar-refractivity contribution in [2.45, 2.75) is 59.4 Å². The largest absolute Gasteiger partial charge is 0.508 e. The Kier molecular flexibility index (Phi) is 5.15. The van der Waals surface area contributed by atoms with Gasteiger partial charge >= 0.3 is 0 Å². The normalized spacial score (nSPS) is 23.8. The zero-order valence-electron chi connectivity index (χ0n) is 14.2. The lowest BCUT2D eigenvalue weighted by Crippen LogP contribution is -2.36. The number of carbonyl (C=O) groups excluding carboxylic acids is 1. The standard InChI is InChI=1S/C19H29NO2/c1-13(15-6-5-7-17(21)12-15)20-18(22)14-8-10-16(11-9-14)19(2,3)4/h5-7,12-14,16,21H,8-11H2,1-4H3,(H,20,22). The van der Waals surface area contributed by atoms with Crippen LogP contribution in [0.2, 0.25) is 0 Å². The van der Waals surface area contributed by atoms with E-state index >= 15 is 0 Å². The molecule has 3 heteroatoms. The molecule has 1 aliphatic rings. The molecule has 1 atom stereocenters. The van der Waals surface area contributed by atoms with Crippen LogP contribution in [0.4, 0.5) is 0 Å². The summed E-state index contributed by atoms with van der Waals surface area (Å²) in [5.74, 6) is 1.26. The van der Waals surface area contributed by atoms with E-state index in [1.807, 2.05) is 19.1 Å². The van der Waals surface area contributed by atoms with Gasteiger partial charge in [0.25, 0.3) is 0 Å². The number of phenolic OH excluding ortho intramolecular Hbond substituents is 1. The van der Waals surface area contributed by atoms with Gasteiger partial charge in [0.1, 0.15) is 5.75 Å². The number of hydrogen-bond donors (Lipinski definition) is 2. The SMILES string of the molecule is CC(NC(=O)C1CCC(C(C)(C)C)CC1)c1cccc(O)c1. The van der Waals surface area contributed by atoms with Crippen molar-refractivity contribution in [1.82, 2.24) is 5.32 Å². The Morgan fingerprint density at radius 1 is 1.23 bits per heavy atom. The number of carbonyl (C=O) groups is 1. The molecule has 0 aliphatic heterocycles. The molecule has 0 spiro atoms. The summed E-state index contributed by atoms with van der Waals surface area (Å²) in [4.78, 5) is 12.4. The highest BCUT2D eigenvalue weighted by Gasteiger charge is 2.32. The van der Waals surface area contributed by atoms with Crippen LogP contribution in [0.15, 0.2) is 24.3 Å². The molecular weight excluding hydrogens is 274 g/mol. The number of amides is 1. The van der Waals surface area contributed by atoms with Crippen LogP contribution in [-0.4, -0.2) is 11.0 Å². The summed E-state index contributed by atoms with van der Waals surface area (Å²) >= 11 is 0. The van der Waals surface area contributed by atoms with E-state index in [1.165, 1.54) is 0 Å². The third kappa shape index (κ3) is 4.25. The molecule has 1 saturated carbocycles. The van der Waals surface area contributed by atoms with Crippen LogP contribution in [0.5, 0.6) is 5.75 Å². The number of benzene rings is 1. The van der Waals surface area contributed by atoms with Gasteiger partial charge in [-0.1, -0.05) is 32.9 Å². The first-order valence-electron chi connectivity index (χ1n) is 8.36. The first-order chi connectivity index (χ1) is 10.3. The van der Waals surface area contributed by atoms with Crippen molar-refractivity contribution < 1.29 is 9.90 Å². The summed E-state index contributed by atoms with van der Waals surface area (Å²) in [7, 11) is 0. The maximum absolute atomic E-state index is 12.4. The maximum Gasteiger partial charge on any atom is 0.223 e. The van der Waals surface area contributed by atoms with E-state index in [-0.39, 0.29) is 23.6 Å². The van der Waals surface area contributed by atoms with Crippen LogP contribution < -0.4 is 5.32 Å². The van der Waals surface area contributed by atoms with Gasteiger partial charge < -0.3 is 10.4 Å². The van der Waals surface area contributed by atoms with Crippen LogP contribution in [0.1, 0.15) is 65.0 Å². The zero-order valence-corrected chi connectivity index (χ0v) is 14.2. The molecule has 1 fully saturated rings. The van der Waals surface area contributed by atoms with Crippen molar-refractivity contribution in [3.8, 4) is 5.75 Å². The molecular formula is C19H29NO2. The highest BCUT2D eigenvalue weighted by atomic mass is 16.3. The van der Waals surface area contributed by atoms with E-state index in [4.69, 9.17) is 0 Å². The van der Waals surface area contributed by atoms with Crippen LogP contribution in [0, 0.1) is 17.3 Å². The van der Waals surface area contributed by atoms with E-state index in [0.29, 0.717) is 5.41 Å². The van der Waals surface area contributed by atoms with Gasteiger partial charge in [0.05, 0.1) is 6.04 Å². The van der Waals surface area contributed by atoms with Crippen LogP contribution in [-0.2, 0) is 4.79 Å². The van der Waals surface area contributed by atoms with E-state index in [1.54, 1.807) is 12.1 Å². The highest BCUT2D eigenvalue weighted by molar-refractivity contribution is 5.79. The average Bonchev–Trinajstić information content (AvgIpc) is 2.46. The monoisotopic (exact) mass is 303 g/mol. The number of rotatable bonds is 3. The Morgan fingerprint density at radius 2 is 1.86 bits per heavy atom. The van der Waals surface area contributed by atoms with Crippen LogP contribution in [0.3, 0.4) is 0 Å². The predicted octanol–water partition coefficient (Wildman–Crippen LogP) is 4.42. The molecule has 2 rings (SSSR count). The Bertz CT molecular complexity index is 510. The third-order valence-corrected chi connectivity index (χ3v) is 5.05. The van der Waals surface area contributed by atoms with Gasteiger partial charge in [0.15, 0.2) is 0 Å².